The molecule has 1 unspecified atom stereocenters. The van der Waals surface area contributed by atoms with Crippen LogP contribution in [0.15, 0.2) is 83.3 Å². The molecule has 1 N–H and O–H groups in total. The Morgan fingerprint density at radius 3 is 2.27 bits per heavy atom. The van der Waals surface area contributed by atoms with Crippen LogP contribution in [0.3, 0.4) is 0 Å². The predicted octanol–water partition coefficient (Wildman–Crippen LogP) is 9.20. The second-order valence-corrected chi connectivity index (χ2v) is 10.6. The first kappa shape index (κ1) is 29.1. The summed E-state index contributed by atoms with van der Waals surface area (Å²) in [5.41, 5.74) is 6.53. The highest BCUT2D eigenvalue weighted by atomic mass is 35.7. The summed E-state index contributed by atoms with van der Waals surface area (Å²) in [5.74, 6) is -0.436. The molecule has 0 heterocycles. The second-order valence-electron chi connectivity index (χ2n) is 9.13. The lowest BCUT2D eigenvalue weighted by Gasteiger charge is -2.22. The van der Waals surface area contributed by atoms with E-state index in [0.717, 1.165) is 29.2 Å². The Bertz CT molecular complexity index is 1190. The van der Waals surface area contributed by atoms with E-state index >= 15 is 0 Å². The van der Waals surface area contributed by atoms with Gasteiger partial charge in [0.05, 0.1) is 5.69 Å². The maximum Gasteiger partial charge on any atom is 0.183 e. The lowest BCUT2D eigenvalue weighted by molar-refractivity contribution is -0.121. The number of rotatable bonds is 9. The van der Waals surface area contributed by atoms with E-state index in [1.807, 2.05) is 44.4 Å². The standard InChI is InChI=1S/C15H16Cl2N2S.C15H17FO/c1-18-13-6-3-11(4-7-13)10-19(2)14-9-12(16)5-8-15(14)20-17;1-11(17)15(16)14-9-7-13(8-10-14)6-5-12-3-2-4-12/h3-9,18H,10H2,1-2H3;5,7-10,15H,2-4,6H2,1H3. The fourth-order valence-corrected chi connectivity index (χ4v) is 4.87. The number of alkyl halides is 1. The molecule has 1 saturated carbocycles. The predicted molar refractivity (Wildman–Crippen MR) is 158 cm³/mol. The molecule has 3 nitrogen and oxygen atoms in total. The van der Waals surface area contributed by atoms with Gasteiger partial charge in [0.25, 0.3) is 0 Å². The van der Waals surface area contributed by atoms with E-state index in [2.05, 4.69) is 40.6 Å². The van der Waals surface area contributed by atoms with Crippen molar-refractivity contribution in [3.05, 3.63) is 100 Å². The van der Waals surface area contributed by atoms with Gasteiger partial charge < -0.3 is 10.2 Å². The lowest BCUT2D eigenvalue weighted by atomic mass is 9.91. The molecule has 1 atom stereocenters. The zero-order valence-corrected chi connectivity index (χ0v) is 23.8. The number of Topliss-reactive ketones (excluding diaryl/α,β-unsaturated/α-hetero) is 1. The molecule has 1 aliphatic carbocycles. The Morgan fingerprint density at radius 1 is 1.08 bits per heavy atom. The van der Waals surface area contributed by atoms with Gasteiger partial charge >= 0.3 is 0 Å². The topological polar surface area (TPSA) is 32.3 Å². The molecule has 0 bridgehead atoms. The molecule has 3 aromatic rings. The first-order valence-electron chi connectivity index (χ1n) is 12.3. The summed E-state index contributed by atoms with van der Waals surface area (Å²) in [6.45, 7) is 2.08. The number of allylic oxidation sites excluding steroid dienone is 2. The molecule has 37 heavy (non-hydrogen) atoms. The number of carbonyl (C=O) groups is 1. The van der Waals surface area contributed by atoms with Crippen LogP contribution >= 0.6 is 33.3 Å². The molecule has 0 aromatic heterocycles. The minimum atomic E-state index is -1.48. The van der Waals surface area contributed by atoms with Crippen LogP contribution in [0.4, 0.5) is 15.8 Å². The van der Waals surface area contributed by atoms with Gasteiger partial charge in [-0.15, -0.1) is 0 Å². The van der Waals surface area contributed by atoms with Gasteiger partial charge in [0.15, 0.2) is 12.0 Å². The average Bonchev–Trinajstić information content (AvgIpc) is 2.88. The summed E-state index contributed by atoms with van der Waals surface area (Å²) < 4.78 is 13.4. The molecule has 4 rings (SSSR count). The third-order valence-corrected chi connectivity index (χ3v) is 7.57. The molecule has 7 heteroatoms. The fourth-order valence-electron chi connectivity index (χ4n) is 3.89. The van der Waals surface area contributed by atoms with Crippen molar-refractivity contribution in [3.8, 4) is 0 Å². The molecule has 0 radical (unpaired) electrons. The normalized spacial score (nSPS) is 13.1. The van der Waals surface area contributed by atoms with Crippen LogP contribution in [0, 0.1) is 0 Å². The number of ketones is 1. The van der Waals surface area contributed by atoms with E-state index < -0.39 is 12.0 Å². The lowest BCUT2D eigenvalue weighted by Crippen LogP contribution is -2.17. The van der Waals surface area contributed by atoms with Gasteiger partial charge in [0.2, 0.25) is 0 Å². The molecule has 0 aliphatic heterocycles. The van der Waals surface area contributed by atoms with E-state index in [0.29, 0.717) is 10.6 Å². The molecule has 0 saturated heterocycles. The van der Waals surface area contributed by atoms with E-state index in [1.165, 1.54) is 53.9 Å². The maximum atomic E-state index is 13.4. The molecular weight excluding hydrogens is 526 g/mol. The third-order valence-electron chi connectivity index (χ3n) is 6.33. The number of hydrogen-bond acceptors (Lipinski definition) is 4. The number of nitrogens with zero attached hydrogens (tertiary/aromatic N) is 1. The average molecular weight is 560 g/mol. The molecule has 196 valence electrons. The van der Waals surface area contributed by atoms with Gasteiger partial charge in [0.1, 0.15) is 0 Å². The zero-order valence-electron chi connectivity index (χ0n) is 21.4. The molecule has 0 spiro atoms. The highest BCUT2D eigenvalue weighted by Gasteiger charge is 2.14. The Kier molecular flexibility index (Phi) is 11.4. The van der Waals surface area contributed by atoms with Crippen molar-refractivity contribution in [2.24, 2.45) is 0 Å². The summed E-state index contributed by atoms with van der Waals surface area (Å²) in [5, 5.41) is 3.83. The maximum absolute atomic E-state index is 13.4. The summed E-state index contributed by atoms with van der Waals surface area (Å²) in [6.07, 6.45) is 5.47. The van der Waals surface area contributed by atoms with Crippen LogP contribution in [0.1, 0.15) is 49.0 Å². The van der Waals surface area contributed by atoms with Gasteiger partial charge in [-0.3, -0.25) is 4.79 Å². The SMILES string of the molecule is CC(=O)C(F)c1ccc(CC=C2CCC2)cc1.CNc1ccc(CN(C)c2cc(Cl)ccc2SCl)cc1. The van der Waals surface area contributed by atoms with Crippen molar-refractivity contribution >= 4 is 50.4 Å². The van der Waals surface area contributed by atoms with Gasteiger partial charge in [-0.1, -0.05) is 59.6 Å². The van der Waals surface area contributed by atoms with E-state index in [9.17, 15) is 9.18 Å². The van der Waals surface area contributed by atoms with Gasteiger partial charge in [0, 0.05) is 36.2 Å². The number of anilines is 2. The summed E-state index contributed by atoms with van der Waals surface area (Å²) in [7, 11) is 11.1. The number of carbonyl (C=O) groups excluding carboxylic acids is 1. The van der Waals surface area contributed by atoms with Crippen molar-refractivity contribution in [1.29, 1.82) is 0 Å². The second kappa shape index (κ2) is 14.5. The smallest absolute Gasteiger partial charge is 0.183 e. The van der Waals surface area contributed by atoms with Crippen molar-refractivity contribution in [1.82, 2.24) is 0 Å². The Hall–Kier alpha value is -2.47. The number of nitrogens with one attached hydrogen (secondary N) is 1. The number of benzene rings is 3. The summed E-state index contributed by atoms with van der Waals surface area (Å²) in [6, 6.07) is 21.3. The Labute approximate surface area is 233 Å². The van der Waals surface area contributed by atoms with Crippen LogP contribution in [0.2, 0.25) is 5.02 Å². The Balaban J connectivity index is 0.000000208. The van der Waals surface area contributed by atoms with Gasteiger partial charge in [-0.2, -0.15) is 0 Å². The zero-order chi connectivity index (χ0) is 26.8. The van der Waals surface area contributed by atoms with Crippen molar-refractivity contribution in [2.45, 2.75) is 50.2 Å². The van der Waals surface area contributed by atoms with Crippen molar-refractivity contribution < 1.29 is 9.18 Å². The van der Waals surface area contributed by atoms with E-state index in [1.54, 1.807) is 12.1 Å². The minimum absolute atomic E-state index is 0.436. The summed E-state index contributed by atoms with van der Waals surface area (Å²) in [4.78, 5) is 14.1. The van der Waals surface area contributed by atoms with Crippen LogP contribution in [-0.2, 0) is 17.8 Å². The highest BCUT2D eigenvalue weighted by Crippen LogP contribution is 2.35. The van der Waals surface area contributed by atoms with E-state index in [4.69, 9.17) is 22.3 Å². The molecule has 3 aromatic carbocycles. The van der Waals surface area contributed by atoms with Crippen molar-refractivity contribution in [3.63, 3.8) is 0 Å². The molecular formula is C30H33Cl2FN2OS. The Morgan fingerprint density at radius 2 is 1.73 bits per heavy atom. The van der Waals surface area contributed by atoms with Crippen LogP contribution in [0.5, 0.6) is 0 Å². The largest absolute Gasteiger partial charge is 0.388 e. The number of halogens is 3. The monoisotopic (exact) mass is 558 g/mol. The van der Waals surface area contributed by atoms with Crippen LogP contribution in [0.25, 0.3) is 0 Å². The molecule has 1 fully saturated rings. The van der Waals surface area contributed by atoms with Crippen LogP contribution in [-0.4, -0.2) is 19.9 Å². The third kappa shape index (κ3) is 8.80. The minimum Gasteiger partial charge on any atom is -0.388 e. The first-order chi connectivity index (χ1) is 17.8. The molecule has 0 amide bonds. The van der Waals surface area contributed by atoms with Gasteiger partial charge in [-0.25, -0.2) is 4.39 Å². The van der Waals surface area contributed by atoms with Crippen LogP contribution < -0.4 is 10.2 Å². The quantitative estimate of drug-likeness (QED) is 0.265. The molecule has 1 aliphatic rings. The summed E-state index contributed by atoms with van der Waals surface area (Å²) >= 11 is 6.07. The fraction of sp³-hybridized carbons (Fsp3) is 0.300. The first-order valence-corrected chi connectivity index (χ1v) is 14.3. The van der Waals surface area contributed by atoms with Gasteiger partial charge in [-0.05, 0) is 101 Å². The number of hydrogen-bond donors (Lipinski definition) is 1. The van der Waals surface area contributed by atoms with Crippen molar-refractivity contribution in [2.75, 3.05) is 24.3 Å². The van der Waals surface area contributed by atoms with E-state index in [-0.39, 0.29) is 0 Å². The highest BCUT2D eigenvalue weighted by molar-refractivity contribution is 8.21.